The van der Waals surface area contributed by atoms with E-state index >= 15 is 0 Å². The van der Waals surface area contributed by atoms with E-state index in [9.17, 15) is 13.2 Å². The first-order chi connectivity index (χ1) is 9.84. The number of carbonyl (C=O) groups excluding carboxylic acids is 1. The van der Waals surface area contributed by atoms with Crippen molar-refractivity contribution in [3.63, 3.8) is 0 Å². The van der Waals surface area contributed by atoms with Gasteiger partial charge in [0.05, 0.1) is 17.0 Å². The standard InChI is InChI=1S/C12H14BrClN2O4S/c1-20-12(17)15-8-4-5-16(7-8)21(18,19)9-2-3-11(14)10(13)6-9/h2-3,6,8H,4-5,7H2,1H3,(H,15,17). The quantitative estimate of drug-likeness (QED) is 0.848. The molecule has 0 radical (unpaired) electrons. The highest BCUT2D eigenvalue weighted by atomic mass is 79.9. The molecule has 1 aliphatic rings. The van der Waals surface area contributed by atoms with Crippen LogP contribution in [-0.4, -0.2) is 45.1 Å². The van der Waals surface area contributed by atoms with Gasteiger partial charge in [0.2, 0.25) is 10.0 Å². The van der Waals surface area contributed by atoms with E-state index in [0.717, 1.165) is 0 Å². The van der Waals surface area contributed by atoms with Crippen LogP contribution in [0.1, 0.15) is 6.42 Å². The molecule has 2 rings (SSSR count). The molecule has 1 atom stereocenters. The molecule has 1 aromatic carbocycles. The summed E-state index contributed by atoms with van der Waals surface area (Å²) in [6, 6.07) is 4.21. The summed E-state index contributed by atoms with van der Waals surface area (Å²) in [5.41, 5.74) is 0. The van der Waals surface area contributed by atoms with Crippen LogP contribution in [0.15, 0.2) is 27.6 Å². The Labute approximate surface area is 136 Å². The maximum atomic E-state index is 12.5. The SMILES string of the molecule is COC(=O)NC1CCN(S(=O)(=O)c2ccc(Cl)c(Br)c2)C1. The molecule has 6 nitrogen and oxygen atoms in total. The number of nitrogens with one attached hydrogen (secondary N) is 1. The highest BCUT2D eigenvalue weighted by Crippen LogP contribution is 2.28. The van der Waals surface area contributed by atoms with Crippen molar-refractivity contribution < 1.29 is 17.9 Å². The molecule has 9 heteroatoms. The Morgan fingerprint density at radius 2 is 2.24 bits per heavy atom. The first kappa shape index (κ1) is 16.5. The normalized spacial score (nSPS) is 19.5. The van der Waals surface area contributed by atoms with Crippen LogP contribution < -0.4 is 5.32 Å². The summed E-state index contributed by atoms with van der Waals surface area (Å²) in [4.78, 5) is 11.3. The van der Waals surface area contributed by atoms with Gasteiger partial charge in [0.1, 0.15) is 0 Å². The van der Waals surface area contributed by atoms with Crippen molar-refractivity contribution in [2.24, 2.45) is 0 Å². The Balaban J connectivity index is 2.14. The molecule has 0 aromatic heterocycles. The molecule has 116 valence electrons. The minimum Gasteiger partial charge on any atom is -0.453 e. The van der Waals surface area contributed by atoms with Crippen molar-refractivity contribution >= 4 is 43.6 Å². The first-order valence-corrected chi connectivity index (χ1v) is 8.75. The van der Waals surface area contributed by atoms with Crippen molar-refractivity contribution in [1.29, 1.82) is 0 Å². The lowest BCUT2D eigenvalue weighted by atomic mass is 10.3. The summed E-state index contributed by atoms with van der Waals surface area (Å²) >= 11 is 9.08. The number of rotatable bonds is 3. The molecule has 1 heterocycles. The van der Waals surface area contributed by atoms with E-state index in [2.05, 4.69) is 26.0 Å². The highest BCUT2D eigenvalue weighted by molar-refractivity contribution is 9.10. The van der Waals surface area contributed by atoms with Crippen LogP contribution in [0.3, 0.4) is 0 Å². The number of alkyl carbamates (subject to hydrolysis) is 1. The summed E-state index contributed by atoms with van der Waals surface area (Å²) < 4.78 is 31.4. The summed E-state index contributed by atoms with van der Waals surface area (Å²) in [6.45, 7) is 0.564. The highest BCUT2D eigenvalue weighted by Gasteiger charge is 2.33. The second-order valence-electron chi connectivity index (χ2n) is 4.56. The zero-order valence-electron chi connectivity index (χ0n) is 11.2. The molecule has 0 saturated carbocycles. The third-order valence-electron chi connectivity index (χ3n) is 3.19. The number of nitrogens with zero attached hydrogens (tertiary/aromatic N) is 1. The lowest BCUT2D eigenvalue weighted by molar-refractivity contribution is 0.167. The van der Waals surface area contributed by atoms with Gasteiger partial charge in [0.25, 0.3) is 0 Å². The summed E-state index contributed by atoms with van der Waals surface area (Å²) in [6.07, 6.45) is -0.0169. The van der Waals surface area contributed by atoms with Crippen LogP contribution in [0.25, 0.3) is 0 Å². The number of benzene rings is 1. The predicted molar refractivity (Wildman–Crippen MR) is 81.9 cm³/mol. The predicted octanol–water partition coefficient (Wildman–Crippen LogP) is 2.22. The summed E-state index contributed by atoms with van der Waals surface area (Å²) in [5, 5.41) is 3.05. The molecular weight excluding hydrogens is 384 g/mol. The molecule has 1 N–H and O–H groups in total. The molecule has 1 aromatic rings. The van der Waals surface area contributed by atoms with E-state index in [0.29, 0.717) is 22.5 Å². The van der Waals surface area contributed by atoms with E-state index in [1.165, 1.54) is 29.6 Å². The van der Waals surface area contributed by atoms with Gasteiger partial charge in [0.15, 0.2) is 0 Å². The molecule has 1 fully saturated rings. The Morgan fingerprint density at radius 1 is 1.52 bits per heavy atom. The van der Waals surface area contributed by atoms with Crippen LogP contribution in [0.2, 0.25) is 5.02 Å². The maximum Gasteiger partial charge on any atom is 0.407 e. The second kappa shape index (κ2) is 6.51. The first-order valence-electron chi connectivity index (χ1n) is 6.14. The van der Waals surface area contributed by atoms with E-state index in [1.807, 2.05) is 0 Å². The number of sulfonamides is 1. The average Bonchev–Trinajstić information content (AvgIpc) is 2.90. The zero-order chi connectivity index (χ0) is 15.6. The van der Waals surface area contributed by atoms with Crippen molar-refractivity contribution in [2.75, 3.05) is 20.2 Å². The molecule has 1 unspecified atom stereocenters. The van der Waals surface area contributed by atoms with Gasteiger partial charge in [-0.3, -0.25) is 0 Å². The Morgan fingerprint density at radius 3 is 2.86 bits per heavy atom. The third-order valence-corrected chi connectivity index (χ3v) is 6.26. The molecular formula is C12H14BrClN2O4S. The van der Waals surface area contributed by atoms with Gasteiger partial charge in [-0.2, -0.15) is 4.31 Å². The largest absolute Gasteiger partial charge is 0.453 e. The maximum absolute atomic E-state index is 12.5. The van der Waals surface area contributed by atoms with Crippen molar-refractivity contribution in [1.82, 2.24) is 9.62 Å². The number of carbonyl (C=O) groups is 1. The van der Waals surface area contributed by atoms with E-state index < -0.39 is 16.1 Å². The second-order valence-corrected chi connectivity index (χ2v) is 7.76. The Hall–Kier alpha value is -0.830. The molecule has 21 heavy (non-hydrogen) atoms. The molecule has 1 saturated heterocycles. The van der Waals surface area contributed by atoms with Gasteiger partial charge >= 0.3 is 6.09 Å². The lowest BCUT2D eigenvalue weighted by Crippen LogP contribution is -2.38. The average molecular weight is 398 g/mol. The fraction of sp³-hybridized carbons (Fsp3) is 0.417. The summed E-state index contributed by atoms with van der Waals surface area (Å²) in [5.74, 6) is 0. The lowest BCUT2D eigenvalue weighted by Gasteiger charge is -2.17. The Kier molecular flexibility index (Phi) is 5.13. The van der Waals surface area contributed by atoms with Gasteiger partial charge in [-0.25, -0.2) is 13.2 Å². The van der Waals surface area contributed by atoms with Gasteiger partial charge in [0, 0.05) is 23.6 Å². The molecule has 0 bridgehead atoms. The van der Waals surface area contributed by atoms with Gasteiger partial charge in [-0.1, -0.05) is 11.6 Å². The molecule has 0 spiro atoms. The molecule has 1 amide bonds. The van der Waals surface area contributed by atoms with Crippen LogP contribution in [0, 0.1) is 0 Å². The number of methoxy groups -OCH3 is 1. The van der Waals surface area contributed by atoms with Crippen molar-refractivity contribution in [3.8, 4) is 0 Å². The van der Waals surface area contributed by atoms with E-state index in [4.69, 9.17) is 11.6 Å². The van der Waals surface area contributed by atoms with Crippen LogP contribution in [0.5, 0.6) is 0 Å². The third kappa shape index (κ3) is 3.68. The Bertz CT molecular complexity index is 653. The minimum atomic E-state index is -3.60. The van der Waals surface area contributed by atoms with Gasteiger partial charge in [-0.05, 0) is 40.5 Å². The van der Waals surface area contributed by atoms with Crippen molar-refractivity contribution in [2.45, 2.75) is 17.4 Å². The van der Waals surface area contributed by atoms with E-state index in [1.54, 1.807) is 0 Å². The number of hydrogen-bond acceptors (Lipinski definition) is 4. The fourth-order valence-electron chi connectivity index (χ4n) is 2.08. The number of amides is 1. The summed E-state index contributed by atoms with van der Waals surface area (Å²) in [7, 11) is -2.33. The monoisotopic (exact) mass is 396 g/mol. The number of hydrogen-bond donors (Lipinski definition) is 1. The van der Waals surface area contributed by atoms with Gasteiger partial charge < -0.3 is 10.1 Å². The minimum absolute atomic E-state index is 0.164. The van der Waals surface area contributed by atoms with Gasteiger partial charge in [-0.15, -0.1) is 0 Å². The zero-order valence-corrected chi connectivity index (χ0v) is 14.3. The fourth-order valence-corrected chi connectivity index (χ4v) is 4.25. The van der Waals surface area contributed by atoms with E-state index in [-0.39, 0.29) is 17.5 Å². The van der Waals surface area contributed by atoms with Crippen LogP contribution >= 0.6 is 27.5 Å². The molecule has 1 aliphatic heterocycles. The van der Waals surface area contributed by atoms with Crippen molar-refractivity contribution in [3.05, 3.63) is 27.7 Å². The number of ether oxygens (including phenoxy) is 1. The van der Waals surface area contributed by atoms with Crippen LogP contribution in [-0.2, 0) is 14.8 Å². The molecule has 0 aliphatic carbocycles. The number of halogens is 2. The smallest absolute Gasteiger partial charge is 0.407 e. The topological polar surface area (TPSA) is 75.7 Å². The van der Waals surface area contributed by atoms with Crippen LogP contribution in [0.4, 0.5) is 4.79 Å².